The van der Waals surface area contributed by atoms with Gasteiger partial charge < -0.3 is 9.88 Å². The van der Waals surface area contributed by atoms with Crippen LogP contribution < -0.4 is 5.32 Å². The highest BCUT2D eigenvalue weighted by Gasteiger charge is 2.10. The van der Waals surface area contributed by atoms with Crippen LogP contribution in [0.5, 0.6) is 0 Å². The maximum Gasteiger partial charge on any atom is 0.0498 e. The molecule has 2 aromatic rings. The second-order valence-electron chi connectivity index (χ2n) is 5.66. The summed E-state index contributed by atoms with van der Waals surface area (Å²) in [5, 5.41) is 5.63. The van der Waals surface area contributed by atoms with Gasteiger partial charge in [0.05, 0.1) is 0 Å². The molecule has 0 aliphatic rings. The molecular formula is C17H25ClN2. The molecule has 20 heavy (non-hydrogen) atoms. The molecule has 1 unspecified atom stereocenters. The molecule has 0 aliphatic carbocycles. The van der Waals surface area contributed by atoms with Gasteiger partial charge in [-0.2, -0.15) is 0 Å². The van der Waals surface area contributed by atoms with Gasteiger partial charge in [0.25, 0.3) is 0 Å². The number of nitrogens with one attached hydrogen (secondary N) is 1. The maximum absolute atomic E-state index is 6.17. The van der Waals surface area contributed by atoms with E-state index in [1.54, 1.807) is 0 Å². The third-order valence-corrected chi connectivity index (χ3v) is 4.11. The summed E-state index contributed by atoms with van der Waals surface area (Å²) in [7, 11) is 0. The molecular weight excluding hydrogens is 268 g/mol. The summed E-state index contributed by atoms with van der Waals surface area (Å²) >= 11 is 6.17. The Morgan fingerprint density at radius 3 is 2.80 bits per heavy atom. The number of fused-ring (bicyclic) bond motifs is 1. The van der Waals surface area contributed by atoms with Crippen LogP contribution in [0.15, 0.2) is 24.4 Å². The highest BCUT2D eigenvalue weighted by molar-refractivity contribution is 6.31. The van der Waals surface area contributed by atoms with Gasteiger partial charge in [0.1, 0.15) is 0 Å². The fraction of sp³-hybridized carbons (Fsp3) is 0.529. The zero-order valence-electron chi connectivity index (χ0n) is 12.7. The topological polar surface area (TPSA) is 17.0 Å². The summed E-state index contributed by atoms with van der Waals surface area (Å²) in [5.41, 5.74) is 2.62. The van der Waals surface area contributed by atoms with Crippen molar-refractivity contribution in [2.75, 3.05) is 6.54 Å². The molecule has 1 aromatic carbocycles. The molecule has 0 amide bonds. The van der Waals surface area contributed by atoms with Crippen molar-refractivity contribution in [2.45, 2.75) is 46.7 Å². The standard InChI is InChI=1S/C17H25ClN2/c1-4-8-19-10-14-12-20(11-13(3)5-2)17-9-15(18)6-7-16(14)17/h6-7,9,12-13,19H,4-5,8,10-11H2,1-3H3. The van der Waals surface area contributed by atoms with Gasteiger partial charge in [-0.25, -0.2) is 0 Å². The molecule has 0 fully saturated rings. The Balaban J connectivity index is 2.33. The molecule has 3 heteroatoms. The van der Waals surface area contributed by atoms with Crippen molar-refractivity contribution in [2.24, 2.45) is 5.92 Å². The lowest BCUT2D eigenvalue weighted by molar-refractivity contribution is 0.477. The minimum Gasteiger partial charge on any atom is -0.347 e. The fourth-order valence-corrected chi connectivity index (χ4v) is 2.66. The SMILES string of the molecule is CCCNCc1cn(CC(C)CC)c2cc(Cl)ccc12. The second-order valence-corrected chi connectivity index (χ2v) is 6.09. The Morgan fingerprint density at radius 1 is 1.30 bits per heavy atom. The quantitative estimate of drug-likeness (QED) is 0.723. The predicted octanol–water partition coefficient (Wildman–Crippen LogP) is 4.84. The van der Waals surface area contributed by atoms with E-state index >= 15 is 0 Å². The van der Waals surface area contributed by atoms with E-state index in [0.717, 1.165) is 31.1 Å². The average molecular weight is 293 g/mol. The molecule has 0 spiro atoms. The molecule has 0 saturated carbocycles. The van der Waals surface area contributed by atoms with Crippen LogP contribution in [0.3, 0.4) is 0 Å². The van der Waals surface area contributed by atoms with Crippen molar-refractivity contribution in [3.63, 3.8) is 0 Å². The Bertz CT molecular complexity index is 559. The number of hydrogen-bond acceptors (Lipinski definition) is 1. The Morgan fingerprint density at radius 2 is 2.10 bits per heavy atom. The van der Waals surface area contributed by atoms with E-state index in [0.29, 0.717) is 5.92 Å². The van der Waals surface area contributed by atoms with Crippen molar-refractivity contribution in [1.82, 2.24) is 9.88 Å². The molecule has 1 N–H and O–H groups in total. The van der Waals surface area contributed by atoms with Crippen molar-refractivity contribution in [3.8, 4) is 0 Å². The first-order chi connectivity index (χ1) is 9.65. The normalized spacial score (nSPS) is 13.0. The Hall–Kier alpha value is -0.990. The summed E-state index contributed by atoms with van der Waals surface area (Å²) in [6.07, 6.45) is 4.65. The van der Waals surface area contributed by atoms with Gasteiger partial charge in [-0.1, -0.05) is 44.9 Å². The third-order valence-electron chi connectivity index (χ3n) is 3.87. The number of rotatable bonds is 7. The zero-order valence-corrected chi connectivity index (χ0v) is 13.5. The van der Waals surface area contributed by atoms with Crippen LogP contribution in [-0.4, -0.2) is 11.1 Å². The van der Waals surface area contributed by atoms with Gasteiger partial charge in [0.15, 0.2) is 0 Å². The fourth-order valence-electron chi connectivity index (χ4n) is 2.50. The molecule has 1 heterocycles. The summed E-state index contributed by atoms with van der Waals surface area (Å²) in [4.78, 5) is 0. The average Bonchev–Trinajstić information content (AvgIpc) is 2.76. The maximum atomic E-state index is 6.17. The van der Waals surface area contributed by atoms with Crippen LogP contribution in [0.4, 0.5) is 0 Å². The number of hydrogen-bond donors (Lipinski definition) is 1. The number of aromatic nitrogens is 1. The van der Waals surface area contributed by atoms with E-state index < -0.39 is 0 Å². The van der Waals surface area contributed by atoms with Gasteiger partial charge in [-0.3, -0.25) is 0 Å². The smallest absolute Gasteiger partial charge is 0.0498 e. The van der Waals surface area contributed by atoms with Crippen LogP contribution in [0, 0.1) is 5.92 Å². The first-order valence-corrected chi connectivity index (χ1v) is 8.01. The number of benzene rings is 1. The lowest BCUT2D eigenvalue weighted by atomic mass is 10.1. The lowest BCUT2D eigenvalue weighted by Crippen LogP contribution is -2.13. The van der Waals surface area contributed by atoms with E-state index in [2.05, 4.69) is 49.0 Å². The van der Waals surface area contributed by atoms with Crippen LogP contribution >= 0.6 is 11.6 Å². The Labute approximate surface area is 127 Å². The van der Waals surface area contributed by atoms with Gasteiger partial charge in [0.2, 0.25) is 0 Å². The van der Waals surface area contributed by atoms with E-state index in [4.69, 9.17) is 11.6 Å². The lowest BCUT2D eigenvalue weighted by Gasteiger charge is -2.11. The van der Waals surface area contributed by atoms with Gasteiger partial charge >= 0.3 is 0 Å². The van der Waals surface area contributed by atoms with Crippen LogP contribution in [0.25, 0.3) is 10.9 Å². The second kappa shape index (κ2) is 7.14. The number of halogens is 1. The van der Waals surface area contributed by atoms with E-state index in [9.17, 15) is 0 Å². The highest BCUT2D eigenvalue weighted by atomic mass is 35.5. The first-order valence-electron chi connectivity index (χ1n) is 7.63. The molecule has 1 aromatic heterocycles. The molecule has 1 atom stereocenters. The zero-order chi connectivity index (χ0) is 14.5. The molecule has 110 valence electrons. The molecule has 2 nitrogen and oxygen atoms in total. The number of nitrogens with zero attached hydrogens (tertiary/aromatic N) is 1. The summed E-state index contributed by atoms with van der Waals surface area (Å²) in [6, 6.07) is 6.22. The van der Waals surface area contributed by atoms with Crippen LogP contribution in [-0.2, 0) is 13.1 Å². The van der Waals surface area contributed by atoms with Gasteiger partial charge in [0, 0.05) is 35.2 Å². The van der Waals surface area contributed by atoms with Crippen molar-refractivity contribution in [1.29, 1.82) is 0 Å². The minimum atomic E-state index is 0.682. The van der Waals surface area contributed by atoms with Gasteiger partial charge in [-0.15, -0.1) is 0 Å². The van der Waals surface area contributed by atoms with E-state index in [1.165, 1.54) is 22.9 Å². The first kappa shape index (κ1) is 15.4. The molecule has 0 aliphatic heterocycles. The molecule has 0 radical (unpaired) electrons. The van der Waals surface area contributed by atoms with Crippen molar-refractivity contribution in [3.05, 3.63) is 35.0 Å². The van der Waals surface area contributed by atoms with E-state index in [-0.39, 0.29) is 0 Å². The minimum absolute atomic E-state index is 0.682. The molecule has 2 rings (SSSR count). The van der Waals surface area contributed by atoms with Crippen LogP contribution in [0.1, 0.15) is 39.2 Å². The predicted molar refractivity (Wildman–Crippen MR) is 88.4 cm³/mol. The summed E-state index contributed by atoms with van der Waals surface area (Å²) in [5.74, 6) is 0.682. The third kappa shape index (κ3) is 3.56. The Kier molecular flexibility index (Phi) is 5.50. The monoisotopic (exact) mass is 292 g/mol. The molecule has 0 saturated heterocycles. The highest BCUT2D eigenvalue weighted by Crippen LogP contribution is 2.26. The summed E-state index contributed by atoms with van der Waals surface area (Å²) in [6.45, 7) is 9.78. The molecule has 0 bridgehead atoms. The van der Waals surface area contributed by atoms with Crippen LogP contribution in [0.2, 0.25) is 5.02 Å². The summed E-state index contributed by atoms with van der Waals surface area (Å²) < 4.78 is 2.36. The van der Waals surface area contributed by atoms with Gasteiger partial charge in [-0.05, 0) is 36.6 Å². The van der Waals surface area contributed by atoms with Crippen molar-refractivity contribution < 1.29 is 0 Å². The van der Waals surface area contributed by atoms with Crippen molar-refractivity contribution >= 4 is 22.5 Å². The largest absolute Gasteiger partial charge is 0.347 e. The van der Waals surface area contributed by atoms with E-state index in [1.807, 2.05) is 6.07 Å².